The second-order valence-electron chi connectivity index (χ2n) is 4.71. The molecule has 0 aliphatic carbocycles. The Labute approximate surface area is 133 Å². The first kappa shape index (κ1) is 16.9. The number of carboxylic acids is 1. The van der Waals surface area contributed by atoms with Gasteiger partial charge in [-0.05, 0) is 0 Å². The van der Waals surface area contributed by atoms with E-state index in [-0.39, 0.29) is 29.2 Å². The average Bonchev–Trinajstić information content (AvgIpc) is 2.49. The molecule has 0 aromatic heterocycles. The monoisotopic (exact) mass is 343 g/mol. The summed E-state index contributed by atoms with van der Waals surface area (Å²) in [6, 6.07) is 0. The predicted octanol–water partition coefficient (Wildman–Crippen LogP) is -1.08. The minimum Gasteiger partial charge on any atom is -0.477 e. The molecule has 0 spiro atoms. The zero-order chi connectivity index (χ0) is 17.3. The molecule has 1 amide bonds. The highest BCUT2D eigenvalue weighted by Crippen LogP contribution is 2.38. The molecular formula is C13H13NO8S. The Morgan fingerprint density at radius 2 is 2.09 bits per heavy atom. The van der Waals surface area contributed by atoms with Crippen LogP contribution in [0, 0.1) is 0 Å². The quantitative estimate of drug-likeness (QED) is 0.388. The summed E-state index contributed by atoms with van der Waals surface area (Å²) in [5, 5.41) is 8.29. The molecule has 2 heterocycles. The van der Waals surface area contributed by atoms with Gasteiger partial charge in [-0.15, -0.1) is 0 Å². The largest absolute Gasteiger partial charge is 0.477 e. The van der Waals surface area contributed by atoms with Crippen molar-refractivity contribution in [1.29, 1.82) is 0 Å². The predicted molar refractivity (Wildman–Crippen MR) is 75.0 cm³/mol. The fourth-order valence-electron chi connectivity index (χ4n) is 2.26. The van der Waals surface area contributed by atoms with Crippen LogP contribution in [0.15, 0.2) is 22.9 Å². The second-order valence-corrected chi connectivity index (χ2v) is 6.21. The molecule has 0 aromatic carbocycles. The third-order valence-electron chi connectivity index (χ3n) is 3.23. The lowest BCUT2D eigenvalue weighted by Crippen LogP contribution is -2.61. The van der Waals surface area contributed by atoms with Gasteiger partial charge in [-0.3, -0.25) is 18.7 Å². The van der Waals surface area contributed by atoms with Gasteiger partial charge in [-0.25, -0.2) is 9.59 Å². The number of aliphatic carboxylic acids is 1. The topological polar surface area (TPSA) is 127 Å². The number of hydrogen-bond acceptors (Lipinski definition) is 7. The highest BCUT2D eigenvalue weighted by Gasteiger charge is 2.53. The van der Waals surface area contributed by atoms with Crippen molar-refractivity contribution < 1.29 is 38.0 Å². The van der Waals surface area contributed by atoms with Gasteiger partial charge in [-0.1, -0.05) is 0 Å². The Kier molecular flexibility index (Phi) is 4.64. The van der Waals surface area contributed by atoms with Crippen LogP contribution in [0.5, 0.6) is 0 Å². The number of nitrogens with zero attached hydrogens (tertiary/aromatic N) is 1. The first-order chi connectivity index (χ1) is 10.8. The number of esters is 2. The number of carbonyl (C=O) groups is 4. The molecule has 1 N–H and O–H groups in total. The van der Waals surface area contributed by atoms with E-state index in [4.69, 9.17) is 4.74 Å². The number of hydrogen-bond donors (Lipinski definition) is 1. The first-order valence-corrected chi connectivity index (χ1v) is 7.75. The van der Waals surface area contributed by atoms with Gasteiger partial charge in [0.25, 0.3) is 5.91 Å². The van der Waals surface area contributed by atoms with E-state index in [2.05, 4.69) is 4.74 Å². The van der Waals surface area contributed by atoms with Crippen molar-refractivity contribution in [1.82, 2.24) is 4.90 Å². The molecule has 124 valence electrons. The Balaban J connectivity index is 2.39. The van der Waals surface area contributed by atoms with Gasteiger partial charge in [0.05, 0.1) is 29.2 Å². The number of amides is 1. The first-order valence-electron chi connectivity index (χ1n) is 6.36. The molecule has 0 aromatic rings. The van der Waals surface area contributed by atoms with Crippen LogP contribution in [0.25, 0.3) is 0 Å². The van der Waals surface area contributed by atoms with E-state index >= 15 is 0 Å². The van der Waals surface area contributed by atoms with Crippen molar-refractivity contribution in [3.8, 4) is 0 Å². The number of fused-ring (bicyclic) bond motifs is 1. The molecule has 0 bridgehead atoms. The number of rotatable bonds is 4. The molecule has 2 aliphatic rings. The van der Waals surface area contributed by atoms with Gasteiger partial charge in [0.1, 0.15) is 17.7 Å². The smallest absolute Gasteiger partial charge is 0.352 e. The van der Waals surface area contributed by atoms with E-state index in [1.54, 1.807) is 0 Å². The van der Waals surface area contributed by atoms with Crippen LogP contribution in [-0.4, -0.2) is 62.9 Å². The number of ether oxygens (including phenoxy) is 2. The van der Waals surface area contributed by atoms with Crippen LogP contribution in [0.1, 0.15) is 6.92 Å². The Morgan fingerprint density at radius 3 is 2.61 bits per heavy atom. The van der Waals surface area contributed by atoms with Gasteiger partial charge >= 0.3 is 17.9 Å². The zero-order valence-corrected chi connectivity index (χ0v) is 13.0. The molecule has 9 nitrogen and oxygen atoms in total. The molecule has 1 fully saturated rings. The third-order valence-corrected chi connectivity index (χ3v) is 4.83. The molecule has 1 unspecified atom stereocenters. The van der Waals surface area contributed by atoms with E-state index < -0.39 is 40.0 Å². The zero-order valence-electron chi connectivity index (χ0n) is 12.2. The van der Waals surface area contributed by atoms with Gasteiger partial charge in [0.15, 0.2) is 0 Å². The number of β-lactam (4-membered cyclic amide) rings is 1. The van der Waals surface area contributed by atoms with E-state index in [0.717, 1.165) is 25.0 Å². The van der Waals surface area contributed by atoms with Crippen LogP contribution in [0.4, 0.5) is 0 Å². The molecule has 2 rings (SSSR count). The molecule has 0 radical (unpaired) electrons. The summed E-state index contributed by atoms with van der Waals surface area (Å²) >= 11 is 0. The van der Waals surface area contributed by atoms with Crippen LogP contribution in [0.3, 0.4) is 0 Å². The van der Waals surface area contributed by atoms with Gasteiger partial charge in [-0.2, -0.15) is 0 Å². The lowest BCUT2D eigenvalue weighted by molar-refractivity contribution is -0.143. The van der Waals surface area contributed by atoms with Gasteiger partial charge in [0, 0.05) is 18.6 Å². The van der Waals surface area contributed by atoms with Crippen molar-refractivity contribution in [2.45, 2.75) is 12.3 Å². The summed E-state index contributed by atoms with van der Waals surface area (Å²) in [7, 11) is -0.540. The van der Waals surface area contributed by atoms with Gasteiger partial charge < -0.3 is 14.6 Å². The van der Waals surface area contributed by atoms with Crippen LogP contribution >= 0.6 is 0 Å². The fraction of sp³-hybridized carbons (Fsp3) is 0.385. The van der Waals surface area contributed by atoms with Crippen molar-refractivity contribution in [2.75, 3.05) is 19.5 Å². The van der Waals surface area contributed by atoms with Crippen LogP contribution in [-0.2, 0) is 39.5 Å². The van der Waals surface area contributed by atoms with Crippen molar-refractivity contribution in [2.24, 2.45) is 0 Å². The van der Waals surface area contributed by atoms with E-state index in [1.807, 2.05) is 0 Å². The average molecular weight is 343 g/mol. The maximum Gasteiger partial charge on any atom is 0.352 e. The summed E-state index contributed by atoms with van der Waals surface area (Å²) in [5.74, 6) is -3.75. The molecule has 10 heteroatoms. The molecule has 2 aliphatic heterocycles. The maximum atomic E-state index is 12.3. The highest BCUT2D eigenvalue weighted by atomic mass is 32.2. The van der Waals surface area contributed by atoms with E-state index in [1.165, 1.54) is 0 Å². The van der Waals surface area contributed by atoms with Crippen LogP contribution < -0.4 is 0 Å². The summed E-state index contributed by atoms with van der Waals surface area (Å²) in [6.07, 6.45) is 0.901. The number of carbonyl (C=O) groups excluding carboxylic acids is 3. The third kappa shape index (κ3) is 3.02. The van der Waals surface area contributed by atoms with Crippen molar-refractivity contribution in [3.63, 3.8) is 0 Å². The molecule has 0 saturated carbocycles. The van der Waals surface area contributed by atoms with Crippen LogP contribution in [0.2, 0.25) is 0 Å². The fourth-order valence-corrected chi connectivity index (χ4v) is 3.87. The molecule has 1 saturated heterocycles. The molecule has 2 atom stereocenters. The molecular weight excluding hydrogens is 330 g/mol. The Bertz CT molecular complexity index is 692. The highest BCUT2D eigenvalue weighted by molar-refractivity contribution is 7.86. The SMILES string of the molecule is COC(=O)/C=C1/C(=O)N2C(C(=O)O)=C(COC(C)=O)CS(=O)[C@H]12. The summed E-state index contributed by atoms with van der Waals surface area (Å²) in [6.45, 7) is 0.783. The molecule has 23 heavy (non-hydrogen) atoms. The minimum atomic E-state index is -1.66. The summed E-state index contributed by atoms with van der Waals surface area (Å²) in [5.41, 5.74) is -0.365. The van der Waals surface area contributed by atoms with E-state index in [0.29, 0.717) is 0 Å². The van der Waals surface area contributed by atoms with Crippen molar-refractivity contribution >= 4 is 34.6 Å². The normalized spacial score (nSPS) is 24.9. The Hall–Kier alpha value is -2.49. The minimum absolute atomic E-state index is 0.0690. The maximum absolute atomic E-state index is 12.3. The summed E-state index contributed by atoms with van der Waals surface area (Å²) < 4.78 is 21.4. The Morgan fingerprint density at radius 1 is 1.43 bits per heavy atom. The lowest BCUT2D eigenvalue weighted by Gasteiger charge is -2.45. The van der Waals surface area contributed by atoms with Gasteiger partial charge in [0.2, 0.25) is 0 Å². The second kappa shape index (κ2) is 6.32. The van der Waals surface area contributed by atoms with E-state index in [9.17, 15) is 28.5 Å². The number of carboxylic acid groups (broad SMARTS) is 1. The van der Waals surface area contributed by atoms with Crippen molar-refractivity contribution in [3.05, 3.63) is 22.9 Å². The lowest BCUT2D eigenvalue weighted by atomic mass is 10.0. The summed E-state index contributed by atoms with van der Waals surface area (Å²) in [4.78, 5) is 46.5. The standard InChI is InChI=1S/C13H13NO8S/c1-6(15)22-4-7-5-23(20)12-8(3-9(16)21-2)11(17)14(12)10(7)13(18)19/h3,12H,4-5H2,1-2H3,(H,18,19)/b8-3-/t12-,23?/m1/s1. The number of methoxy groups -OCH3 is 1.